The van der Waals surface area contributed by atoms with E-state index in [1.54, 1.807) is 7.11 Å². The van der Waals surface area contributed by atoms with E-state index in [-0.39, 0.29) is 5.91 Å². The minimum Gasteiger partial charge on any atom is -0.497 e. The van der Waals surface area contributed by atoms with Gasteiger partial charge in [-0.3, -0.25) is 4.79 Å². The van der Waals surface area contributed by atoms with E-state index in [1.165, 1.54) is 0 Å². The van der Waals surface area contributed by atoms with Gasteiger partial charge in [-0.25, -0.2) is 0 Å². The fourth-order valence-electron chi connectivity index (χ4n) is 2.80. The average molecular weight is 279 g/mol. The van der Waals surface area contributed by atoms with Crippen molar-refractivity contribution in [3.8, 4) is 5.75 Å². The number of carbonyl (C=O) groups excluding carboxylic acids is 1. The Morgan fingerprint density at radius 2 is 2.00 bits per heavy atom. The summed E-state index contributed by atoms with van der Waals surface area (Å²) in [5.41, 5.74) is 4.28. The molecular formula is C17H13NO3. The smallest absolute Gasteiger partial charge is 0.260 e. The molecule has 0 unspecified atom stereocenters. The quantitative estimate of drug-likeness (QED) is 0.816. The molecule has 4 rings (SSSR count). The molecule has 0 aliphatic carbocycles. The molecule has 2 aliphatic rings. The molecule has 2 heterocycles. The van der Waals surface area contributed by atoms with Gasteiger partial charge in [0.1, 0.15) is 18.1 Å². The number of hydrogen-bond acceptors (Lipinski definition) is 3. The molecule has 1 amide bonds. The third-order valence-electron chi connectivity index (χ3n) is 3.83. The highest BCUT2D eigenvalue weighted by atomic mass is 16.5. The fraction of sp³-hybridized carbons (Fsp3) is 0.118. The van der Waals surface area contributed by atoms with Gasteiger partial charge in [-0.05, 0) is 18.2 Å². The van der Waals surface area contributed by atoms with Gasteiger partial charge in [-0.2, -0.15) is 0 Å². The first kappa shape index (κ1) is 12.0. The first-order valence-electron chi connectivity index (χ1n) is 6.73. The van der Waals surface area contributed by atoms with Crippen LogP contribution in [0.4, 0.5) is 5.69 Å². The largest absolute Gasteiger partial charge is 0.497 e. The van der Waals surface area contributed by atoms with Gasteiger partial charge in [0.05, 0.1) is 12.7 Å². The topological polar surface area (TPSA) is 47.6 Å². The lowest BCUT2D eigenvalue weighted by Gasteiger charge is -2.06. The van der Waals surface area contributed by atoms with E-state index in [1.807, 2.05) is 42.5 Å². The Bertz CT molecular complexity index is 792. The number of carbonyl (C=O) groups is 1. The monoisotopic (exact) mass is 279 g/mol. The van der Waals surface area contributed by atoms with E-state index in [9.17, 15) is 4.79 Å². The van der Waals surface area contributed by atoms with Gasteiger partial charge in [-0.15, -0.1) is 0 Å². The number of nitrogens with one attached hydrogen (secondary N) is 1. The second kappa shape index (κ2) is 4.38. The lowest BCUT2D eigenvalue weighted by atomic mass is 10.0. The van der Waals surface area contributed by atoms with E-state index in [4.69, 9.17) is 9.47 Å². The maximum Gasteiger partial charge on any atom is 0.260 e. The van der Waals surface area contributed by atoms with Gasteiger partial charge in [0.25, 0.3) is 5.91 Å². The number of rotatable bonds is 1. The highest BCUT2D eigenvalue weighted by molar-refractivity contribution is 6.36. The molecular weight excluding hydrogens is 266 g/mol. The van der Waals surface area contributed by atoms with Crippen molar-refractivity contribution in [3.05, 3.63) is 59.2 Å². The number of methoxy groups -OCH3 is 1. The molecule has 104 valence electrons. The molecule has 0 fully saturated rings. The zero-order valence-electron chi connectivity index (χ0n) is 11.5. The number of hydrogen-bond donors (Lipinski definition) is 1. The number of benzene rings is 2. The van der Waals surface area contributed by atoms with Crippen LogP contribution >= 0.6 is 0 Å². The molecule has 21 heavy (non-hydrogen) atoms. The molecule has 0 bridgehead atoms. The van der Waals surface area contributed by atoms with Crippen molar-refractivity contribution in [2.24, 2.45) is 0 Å². The van der Waals surface area contributed by atoms with E-state index < -0.39 is 0 Å². The minimum atomic E-state index is -0.134. The van der Waals surface area contributed by atoms with E-state index in [0.29, 0.717) is 17.9 Å². The van der Waals surface area contributed by atoms with Crippen LogP contribution in [0, 0.1) is 0 Å². The molecule has 0 atom stereocenters. The summed E-state index contributed by atoms with van der Waals surface area (Å²) in [5, 5.41) is 2.87. The Morgan fingerprint density at radius 3 is 2.86 bits per heavy atom. The van der Waals surface area contributed by atoms with Crippen molar-refractivity contribution in [2.45, 2.75) is 6.61 Å². The second-order valence-corrected chi connectivity index (χ2v) is 5.02. The summed E-state index contributed by atoms with van der Waals surface area (Å²) in [4.78, 5) is 12.3. The van der Waals surface area contributed by atoms with Crippen LogP contribution in [0.25, 0.3) is 11.3 Å². The van der Waals surface area contributed by atoms with Crippen molar-refractivity contribution in [2.75, 3.05) is 12.4 Å². The van der Waals surface area contributed by atoms with Gasteiger partial charge in [0.2, 0.25) is 0 Å². The van der Waals surface area contributed by atoms with Crippen LogP contribution in [0.5, 0.6) is 5.75 Å². The summed E-state index contributed by atoms with van der Waals surface area (Å²) >= 11 is 0. The Labute approximate surface area is 122 Å². The van der Waals surface area contributed by atoms with Crippen LogP contribution in [-0.4, -0.2) is 13.0 Å². The molecule has 0 spiro atoms. The van der Waals surface area contributed by atoms with Gasteiger partial charge >= 0.3 is 0 Å². The fourth-order valence-corrected chi connectivity index (χ4v) is 2.80. The summed E-state index contributed by atoms with van der Waals surface area (Å²) in [6.07, 6.45) is 0. The Balaban J connectivity index is 1.95. The molecule has 2 aliphatic heterocycles. The summed E-state index contributed by atoms with van der Waals surface area (Å²) in [6.45, 7) is 0.502. The van der Waals surface area contributed by atoms with Crippen LogP contribution < -0.4 is 10.1 Å². The van der Waals surface area contributed by atoms with Crippen LogP contribution in [0.15, 0.2) is 42.5 Å². The van der Waals surface area contributed by atoms with Crippen molar-refractivity contribution in [1.82, 2.24) is 0 Å². The summed E-state index contributed by atoms with van der Waals surface area (Å²) in [6, 6.07) is 13.5. The maximum absolute atomic E-state index is 12.3. The van der Waals surface area contributed by atoms with Crippen molar-refractivity contribution in [3.63, 3.8) is 0 Å². The Morgan fingerprint density at radius 1 is 1.14 bits per heavy atom. The zero-order valence-corrected chi connectivity index (χ0v) is 11.5. The predicted octanol–water partition coefficient (Wildman–Crippen LogP) is 3.05. The number of fused-ring (bicyclic) bond motifs is 2. The minimum absolute atomic E-state index is 0.134. The van der Waals surface area contributed by atoms with Gasteiger partial charge in [0, 0.05) is 22.4 Å². The van der Waals surface area contributed by atoms with Crippen LogP contribution in [0.3, 0.4) is 0 Å². The van der Waals surface area contributed by atoms with Crippen molar-refractivity contribution >= 4 is 22.9 Å². The van der Waals surface area contributed by atoms with Gasteiger partial charge < -0.3 is 14.8 Å². The van der Waals surface area contributed by atoms with Gasteiger partial charge in [0.15, 0.2) is 0 Å². The van der Waals surface area contributed by atoms with Crippen LogP contribution in [0.2, 0.25) is 0 Å². The van der Waals surface area contributed by atoms with E-state index >= 15 is 0 Å². The molecule has 2 aromatic rings. The molecule has 0 saturated carbocycles. The predicted molar refractivity (Wildman–Crippen MR) is 79.7 cm³/mol. The highest BCUT2D eigenvalue weighted by Crippen LogP contribution is 2.42. The lowest BCUT2D eigenvalue weighted by molar-refractivity contribution is -0.110. The van der Waals surface area contributed by atoms with E-state index in [2.05, 4.69) is 5.32 Å². The highest BCUT2D eigenvalue weighted by Gasteiger charge is 2.32. The Hall–Kier alpha value is -2.75. The molecule has 2 aromatic carbocycles. The summed E-state index contributed by atoms with van der Waals surface area (Å²) in [7, 11) is 1.61. The van der Waals surface area contributed by atoms with Crippen LogP contribution in [0.1, 0.15) is 16.7 Å². The Kier molecular flexibility index (Phi) is 2.51. The second-order valence-electron chi connectivity index (χ2n) is 5.02. The summed E-state index contributed by atoms with van der Waals surface area (Å²) in [5.74, 6) is 1.23. The molecule has 1 N–H and O–H groups in total. The van der Waals surface area contributed by atoms with E-state index in [0.717, 1.165) is 28.1 Å². The van der Waals surface area contributed by atoms with Crippen LogP contribution in [-0.2, 0) is 16.1 Å². The zero-order chi connectivity index (χ0) is 14.4. The normalized spacial score (nSPS) is 18.8. The first-order chi connectivity index (χ1) is 10.3. The first-order valence-corrected chi connectivity index (χ1v) is 6.73. The maximum atomic E-state index is 12.3. The van der Waals surface area contributed by atoms with Crippen molar-refractivity contribution < 1.29 is 14.3 Å². The number of anilines is 1. The van der Waals surface area contributed by atoms with Crippen molar-refractivity contribution in [1.29, 1.82) is 0 Å². The van der Waals surface area contributed by atoms with Gasteiger partial charge in [-0.1, -0.05) is 24.3 Å². The molecule has 0 radical (unpaired) electrons. The molecule has 0 aromatic heterocycles. The summed E-state index contributed by atoms with van der Waals surface area (Å²) < 4.78 is 11.0. The standard InChI is InChI=1S/C17H13NO3/c1-20-11-6-7-14-13(8-11)15(17(19)18-14)16-12-5-3-2-4-10(12)9-21-16/h2-8H,9H2,1H3,(H,18,19). The number of amides is 1. The average Bonchev–Trinajstić information content (AvgIpc) is 3.06. The third kappa shape index (κ3) is 1.72. The molecule has 4 nitrogen and oxygen atoms in total. The third-order valence-corrected chi connectivity index (χ3v) is 3.83. The lowest BCUT2D eigenvalue weighted by Crippen LogP contribution is -2.05. The molecule has 4 heteroatoms. The SMILES string of the molecule is COc1ccc2c(c1)C(=C1OCc3ccccc31)C(=O)N2. The molecule has 0 saturated heterocycles. The number of ether oxygens (including phenoxy) is 2.